The van der Waals surface area contributed by atoms with Gasteiger partial charge in [0.25, 0.3) is 0 Å². The predicted octanol–water partition coefficient (Wildman–Crippen LogP) is 11.9. The minimum Gasteiger partial charge on any atom is -0.456 e. The van der Waals surface area contributed by atoms with E-state index in [0.717, 1.165) is 72.0 Å². The van der Waals surface area contributed by atoms with Gasteiger partial charge in [0.05, 0.1) is 0 Å². The molecule has 0 radical (unpaired) electrons. The van der Waals surface area contributed by atoms with Crippen molar-refractivity contribution in [2.75, 3.05) is 0 Å². The molecule has 52 heavy (non-hydrogen) atoms. The number of rotatable bonds is 6. The standard InChI is InChI=1S/C46H28N4O2/c1-4-13-29(14-5-1)30-23-25-32(26-24-30)44-48-43(31-15-6-2-7-16-31)49-45(50-44)35-20-12-19-34(27-35)40-41-36-21-10-11-22-38(36)51-39(41)28-37-42(40)52-46(47-37)33-17-8-3-9-18-33/h1-28H. The Bertz CT molecular complexity index is 2880. The first-order valence-electron chi connectivity index (χ1n) is 17.1. The Hall–Kier alpha value is -7.18. The van der Waals surface area contributed by atoms with Crippen molar-refractivity contribution < 1.29 is 8.83 Å². The van der Waals surface area contributed by atoms with Gasteiger partial charge in [-0.2, -0.15) is 0 Å². The van der Waals surface area contributed by atoms with E-state index < -0.39 is 0 Å². The molecule has 6 nitrogen and oxygen atoms in total. The Morgan fingerprint density at radius 3 is 1.58 bits per heavy atom. The molecule has 10 rings (SSSR count). The van der Waals surface area contributed by atoms with Crippen LogP contribution in [0, 0.1) is 0 Å². The van der Waals surface area contributed by atoms with Gasteiger partial charge in [0.1, 0.15) is 16.7 Å². The highest BCUT2D eigenvalue weighted by atomic mass is 16.4. The van der Waals surface area contributed by atoms with E-state index in [1.165, 1.54) is 0 Å². The van der Waals surface area contributed by atoms with E-state index in [9.17, 15) is 0 Å². The van der Waals surface area contributed by atoms with Gasteiger partial charge >= 0.3 is 0 Å². The lowest BCUT2D eigenvalue weighted by Crippen LogP contribution is -2.00. The van der Waals surface area contributed by atoms with E-state index in [1.54, 1.807) is 0 Å². The maximum atomic E-state index is 6.61. The molecule has 0 spiro atoms. The zero-order valence-electron chi connectivity index (χ0n) is 27.8. The lowest BCUT2D eigenvalue weighted by molar-refractivity contribution is 0.621. The Morgan fingerprint density at radius 2 is 0.865 bits per heavy atom. The second-order valence-electron chi connectivity index (χ2n) is 12.7. The number of furan rings is 1. The fourth-order valence-electron chi connectivity index (χ4n) is 6.86. The van der Waals surface area contributed by atoms with Crippen molar-refractivity contribution in [3.05, 3.63) is 170 Å². The summed E-state index contributed by atoms with van der Waals surface area (Å²) in [5, 5.41) is 1.97. The van der Waals surface area contributed by atoms with Crippen LogP contribution in [0.3, 0.4) is 0 Å². The van der Waals surface area contributed by atoms with E-state index in [2.05, 4.69) is 54.6 Å². The van der Waals surface area contributed by atoms with Crippen LogP contribution in [0.4, 0.5) is 0 Å². The highest BCUT2D eigenvalue weighted by molar-refractivity contribution is 6.19. The Kier molecular flexibility index (Phi) is 7.03. The van der Waals surface area contributed by atoms with Crippen molar-refractivity contribution in [1.82, 2.24) is 19.9 Å². The zero-order valence-corrected chi connectivity index (χ0v) is 27.8. The van der Waals surface area contributed by atoms with Crippen LogP contribution in [-0.2, 0) is 0 Å². The van der Waals surface area contributed by atoms with Crippen LogP contribution in [0.2, 0.25) is 0 Å². The normalized spacial score (nSPS) is 11.5. The molecule has 0 fully saturated rings. The summed E-state index contributed by atoms with van der Waals surface area (Å²) in [6.45, 7) is 0. The van der Waals surface area contributed by atoms with Gasteiger partial charge in [0.2, 0.25) is 5.89 Å². The quantitative estimate of drug-likeness (QED) is 0.175. The number of fused-ring (bicyclic) bond motifs is 4. The van der Waals surface area contributed by atoms with Crippen LogP contribution in [-0.4, -0.2) is 19.9 Å². The van der Waals surface area contributed by atoms with Gasteiger partial charge in [-0.05, 0) is 41.0 Å². The van der Waals surface area contributed by atoms with Crippen LogP contribution >= 0.6 is 0 Å². The van der Waals surface area contributed by atoms with Gasteiger partial charge in [-0.1, -0.05) is 140 Å². The summed E-state index contributed by atoms with van der Waals surface area (Å²) < 4.78 is 13.0. The van der Waals surface area contributed by atoms with E-state index in [-0.39, 0.29) is 0 Å². The van der Waals surface area contributed by atoms with Crippen molar-refractivity contribution in [3.63, 3.8) is 0 Å². The summed E-state index contributed by atoms with van der Waals surface area (Å²) in [6, 6.07) is 57.0. The number of oxazole rings is 1. The molecule has 7 aromatic carbocycles. The molecular weight excluding hydrogens is 641 g/mol. The maximum absolute atomic E-state index is 6.61. The molecule has 0 aliphatic carbocycles. The maximum Gasteiger partial charge on any atom is 0.227 e. The van der Waals surface area contributed by atoms with Crippen molar-refractivity contribution in [1.29, 1.82) is 0 Å². The molecule has 0 aliphatic rings. The summed E-state index contributed by atoms with van der Waals surface area (Å²) in [7, 11) is 0. The highest BCUT2D eigenvalue weighted by Gasteiger charge is 2.22. The molecule has 0 amide bonds. The summed E-state index contributed by atoms with van der Waals surface area (Å²) in [5.74, 6) is 2.33. The van der Waals surface area contributed by atoms with Crippen molar-refractivity contribution in [2.24, 2.45) is 0 Å². The summed E-state index contributed by atoms with van der Waals surface area (Å²) in [4.78, 5) is 20.0. The van der Waals surface area contributed by atoms with E-state index >= 15 is 0 Å². The van der Waals surface area contributed by atoms with Crippen LogP contribution in [0.1, 0.15) is 0 Å². The molecular formula is C46H28N4O2. The highest BCUT2D eigenvalue weighted by Crippen LogP contribution is 2.43. The van der Waals surface area contributed by atoms with Gasteiger partial charge in [0.15, 0.2) is 23.1 Å². The van der Waals surface area contributed by atoms with Gasteiger partial charge in [-0.3, -0.25) is 0 Å². The number of hydrogen-bond acceptors (Lipinski definition) is 6. The van der Waals surface area contributed by atoms with Gasteiger partial charge in [-0.15, -0.1) is 0 Å². The number of aromatic nitrogens is 4. The number of hydrogen-bond donors (Lipinski definition) is 0. The topological polar surface area (TPSA) is 77.8 Å². The largest absolute Gasteiger partial charge is 0.456 e. The first-order valence-corrected chi connectivity index (χ1v) is 17.1. The Labute approximate surface area is 298 Å². The number of nitrogens with zero attached hydrogens (tertiary/aromatic N) is 4. The fourth-order valence-corrected chi connectivity index (χ4v) is 6.86. The first-order chi connectivity index (χ1) is 25.7. The minimum atomic E-state index is 0.554. The monoisotopic (exact) mass is 668 g/mol. The fraction of sp³-hybridized carbons (Fsp3) is 0. The average molecular weight is 669 g/mol. The third-order valence-electron chi connectivity index (χ3n) is 9.37. The Morgan fingerprint density at radius 1 is 0.346 bits per heavy atom. The zero-order chi connectivity index (χ0) is 34.4. The van der Waals surface area contributed by atoms with Gasteiger partial charge in [-0.25, -0.2) is 19.9 Å². The molecule has 0 atom stereocenters. The molecule has 0 saturated heterocycles. The lowest BCUT2D eigenvalue weighted by Gasteiger charge is -2.11. The third kappa shape index (κ3) is 5.22. The second-order valence-corrected chi connectivity index (χ2v) is 12.7. The molecule has 0 saturated carbocycles. The van der Waals surface area contributed by atoms with Crippen molar-refractivity contribution >= 4 is 33.0 Å². The summed E-state index contributed by atoms with van der Waals surface area (Å²) >= 11 is 0. The van der Waals surface area contributed by atoms with Crippen LogP contribution in [0.15, 0.2) is 179 Å². The number of benzene rings is 7. The van der Waals surface area contributed by atoms with Crippen LogP contribution in [0.5, 0.6) is 0 Å². The van der Waals surface area contributed by atoms with Crippen molar-refractivity contribution in [2.45, 2.75) is 0 Å². The van der Waals surface area contributed by atoms with Crippen molar-refractivity contribution in [3.8, 4) is 67.9 Å². The molecule has 0 aliphatic heterocycles. The molecule has 0 unspecified atom stereocenters. The average Bonchev–Trinajstić information content (AvgIpc) is 3.82. The molecule has 244 valence electrons. The summed E-state index contributed by atoms with van der Waals surface area (Å²) in [5.41, 5.74) is 10.7. The summed E-state index contributed by atoms with van der Waals surface area (Å²) in [6.07, 6.45) is 0. The molecule has 3 aromatic heterocycles. The van der Waals surface area contributed by atoms with Gasteiger partial charge in [0, 0.05) is 44.7 Å². The molecule has 0 bridgehead atoms. The molecule has 10 aromatic rings. The molecule has 6 heteroatoms. The van der Waals surface area contributed by atoms with Gasteiger partial charge < -0.3 is 8.83 Å². The third-order valence-corrected chi connectivity index (χ3v) is 9.37. The SMILES string of the molecule is c1ccc(-c2ccc(-c3nc(-c4ccccc4)nc(-c4cccc(-c5c6oc(-c7ccccc7)nc6cc6oc7ccccc7c56)c4)n3)cc2)cc1. The second kappa shape index (κ2) is 12.3. The van der Waals surface area contributed by atoms with E-state index in [4.69, 9.17) is 28.8 Å². The lowest BCUT2D eigenvalue weighted by atomic mass is 9.96. The van der Waals surface area contributed by atoms with E-state index in [0.29, 0.717) is 28.9 Å². The Balaban J connectivity index is 1.16. The molecule has 3 heterocycles. The van der Waals surface area contributed by atoms with Crippen LogP contribution in [0.25, 0.3) is 101 Å². The van der Waals surface area contributed by atoms with Crippen LogP contribution < -0.4 is 0 Å². The smallest absolute Gasteiger partial charge is 0.227 e. The van der Waals surface area contributed by atoms with E-state index in [1.807, 2.05) is 115 Å². The first kappa shape index (κ1) is 29.7. The number of para-hydroxylation sites is 1. The predicted molar refractivity (Wildman–Crippen MR) is 207 cm³/mol. The molecule has 0 N–H and O–H groups in total. The minimum absolute atomic E-state index is 0.554.